The van der Waals surface area contributed by atoms with Gasteiger partial charge in [0, 0.05) is 18.7 Å². The maximum absolute atomic E-state index is 13.7. The van der Waals surface area contributed by atoms with Gasteiger partial charge in [0.1, 0.15) is 5.82 Å². The van der Waals surface area contributed by atoms with Gasteiger partial charge >= 0.3 is 0 Å². The molecule has 1 aliphatic rings. The molecule has 0 aliphatic carbocycles. The Morgan fingerprint density at radius 1 is 1.08 bits per heavy atom. The Morgan fingerprint density at radius 2 is 1.85 bits per heavy atom. The third kappa shape index (κ3) is 3.76. The van der Waals surface area contributed by atoms with Crippen LogP contribution >= 0.6 is 0 Å². The molecule has 2 aromatic carbocycles. The van der Waals surface area contributed by atoms with Crippen LogP contribution in [0.3, 0.4) is 0 Å². The van der Waals surface area contributed by atoms with Crippen LogP contribution < -0.4 is 0 Å². The average Bonchev–Trinajstić information content (AvgIpc) is 2.88. The molecule has 1 aliphatic heterocycles. The molecule has 1 fully saturated rings. The second kappa shape index (κ2) is 7.51. The molecule has 1 heterocycles. The van der Waals surface area contributed by atoms with Crippen LogP contribution in [0.1, 0.15) is 37.3 Å². The summed E-state index contributed by atoms with van der Waals surface area (Å²) in [4.78, 5) is 10.3. The van der Waals surface area contributed by atoms with Crippen LogP contribution in [0.25, 0.3) is 0 Å². The van der Waals surface area contributed by atoms with Gasteiger partial charge in [0.25, 0.3) is 5.69 Å². The molecule has 0 radical (unpaired) electrons. The average molecular weight is 378 g/mol. The Bertz CT molecular complexity index is 917. The van der Waals surface area contributed by atoms with E-state index in [4.69, 9.17) is 0 Å². The van der Waals surface area contributed by atoms with Crippen molar-refractivity contribution in [2.45, 2.75) is 36.6 Å². The van der Waals surface area contributed by atoms with Crippen molar-refractivity contribution in [1.29, 1.82) is 0 Å². The van der Waals surface area contributed by atoms with E-state index in [2.05, 4.69) is 0 Å². The van der Waals surface area contributed by atoms with Crippen LogP contribution in [0.15, 0.2) is 53.4 Å². The van der Waals surface area contributed by atoms with Crippen molar-refractivity contribution in [3.63, 3.8) is 0 Å². The third-order valence-electron chi connectivity index (χ3n) is 4.57. The van der Waals surface area contributed by atoms with Crippen LogP contribution in [-0.4, -0.2) is 24.2 Å². The number of rotatable bonds is 4. The van der Waals surface area contributed by atoms with E-state index >= 15 is 0 Å². The summed E-state index contributed by atoms with van der Waals surface area (Å²) in [5, 5.41) is 11.0. The van der Waals surface area contributed by atoms with Crippen molar-refractivity contribution in [1.82, 2.24) is 4.31 Å². The zero-order chi connectivity index (χ0) is 18.7. The molecule has 1 atom stereocenters. The number of nitrogens with zero attached hydrogens (tertiary/aromatic N) is 2. The van der Waals surface area contributed by atoms with E-state index in [1.165, 1.54) is 34.6 Å². The van der Waals surface area contributed by atoms with Crippen LogP contribution in [0.5, 0.6) is 0 Å². The molecule has 2 aromatic rings. The molecule has 0 bridgehead atoms. The van der Waals surface area contributed by atoms with Gasteiger partial charge in [-0.3, -0.25) is 10.1 Å². The van der Waals surface area contributed by atoms with E-state index in [0.29, 0.717) is 24.9 Å². The second-order valence-electron chi connectivity index (χ2n) is 6.29. The Labute approximate surface area is 151 Å². The maximum Gasteiger partial charge on any atom is 0.270 e. The Hall–Kier alpha value is -2.32. The van der Waals surface area contributed by atoms with E-state index in [1.807, 2.05) is 0 Å². The molecule has 1 saturated heterocycles. The highest BCUT2D eigenvalue weighted by Gasteiger charge is 2.34. The van der Waals surface area contributed by atoms with E-state index in [-0.39, 0.29) is 10.6 Å². The number of halogens is 1. The van der Waals surface area contributed by atoms with E-state index < -0.39 is 26.8 Å². The lowest BCUT2D eigenvalue weighted by Crippen LogP contribution is -2.35. The zero-order valence-corrected chi connectivity index (χ0v) is 14.9. The van der Waals surface area contributed by atoms with Gasteiger partial charge in [-0.05, 0) is 36.6 Å². The summed E-state index contributed by atoms with van der Waals surface area (Å²) in [5.74, 6) is -0.417. The number of hydrogen-bond acceptors (Lipinski definition) is 4. The molecule has 0 N–H and O–H groups in total. The topological polar surface area (TPSA) is 80.5 Å². The first-order chi connectivity index (χ1) is 12.4. The summed E-state index contributed by atoms with van der Waals surface area (Å²) >= 11 is 0. The maximum atomic E-state index is 13.7. The lowest BCUT2D eigenvalue weighted by atomic mass is 10.0. The molecule has 26 heavy (non-hydrogen) atoms. The third-order valence-corrected chi connectivity index (χ3v) is 6.48. The first-order valence-electron chi connectivity index (χ1n) is 8.41. The SMILES string of the molecule is O=[N+]([O-])c1cccc(S(=O)(=O)N2CCCCC[C@H]2c2cccc(F)c2)c1. The van der Waals surface area contributed by atoms with Crippen molar-refractivity contribution >= 4 is 15.7 Å². The van der Waals surface area contributed by atoms with Crippen LogP contribution in [0.4, 0.5) is 10.1 Å². The quantitative estimate of drug-likeness (QED) is 0.594. The predicted molar refractivity (Wildman–Crippen MR) is 94.6 cm³/mol. The molecule has 8 heteroatoms. The molecule has 0 spiro atoms. The fraction of sp³-hybridized carbons (Fsp3) is 0.333. The first kappa shape index (κ1) is 18.5. The number of non-ortho nitro benzene ring substituents is 1. The standard InChI is InChI=1S/C18H19FN2O4S/c19-15-7-4-6-14(12-15)18-10-2-1-3-11-20(18)26(24,25)17-9-5-8-16(13-17)21(22)23/h4-9,12-13,18H,1-3,10-11H2/t18-/m0/s1. The van der Waals surface area contributed by atoms with E-state index in [0.717, 1.165) is 18.9 Å². The van der Waals surface area contributed by atoms with E-state index in [9.17, 15) is 22.9 Å². The predicted octanol–water partition coefficient (Wildman–Crippen LogP) is 4.04. The Balaban J connectivity index is 2.04. The molecule has 138 valence electrons. The van der Waals surface area contributed by atoms with E-state index in [1.54, 1.807) is 12.1 Å². The summed E-state index contributed by atoms with van der Waals surface area (Å²) in [7, 11) is -3.95. The number of benzene rings is 2. The smallest absolute Gasteiger partial charge is 0.258 e. The van der Waals surface area contributed by atoms with Gasteiger partial charge in [0.2, 0.25) is 10.0 Å². The highest BCUT2D eigenvalue weighted by molar-refractivity contribution is 7.89. The molecule has 0 saturated carbocycles. The highest BCUT2D eigenvalue weighted by atomic mass is 32.2. The van der Waals surface area contributed by atoms with Crippen molar-refractivity contribution in [2.24, 2.45) is 0 Å². The summed E-state index contributed by atoms with van der Waals surface area (Å²) in [6.45, 7) is 0.298. The fourth-order valence-corrected chi connectivity index (χ4v) is 5.03. The van der Waals surface area contributed by atoms with Gasteiger partial charge in [-0.25, -0.2) is 12.8 Å². The lowest BCUT2D eigenvalue weighted by molar-refractivity contribution is -0.385. The van der Waals surface area contributed by atoms with Gasteiger partial charge in [-0.2, -0.15) is 4.31 Å². The number of nitro benzene ring substituents is 1. The summed E-state index contributed by atoms with van der Waals surface area (Å²) in [6.07, 6.45) is 2.99. The van der Waals surface area contributed by atoms with Crippen molar-refractivity contribution < 1.29 is 17.7 Å². The molecular weight excluding hydrogens is 359 g/mol. The zero-order valence-electron chi connectivity index (χ0n) is 14.0. The van der Waals surface area contributed by atoms with Crippen LogP contribution in [-0.2, 0) is 10.0 Å². The van der Waals surface area contributed by atoms with Crippen molar-refractivity contribution in [3.8, 4) is 0 Å². The number of sulfonamides is 1. The molecule has 3 rings (SSSR count). The Kier molecular flexibility index (Phi) is 5.33. The monoisotopic (exact) mass is 378 g/mol. The first-order valence-corrected chi connectivity index (χ1v) is 9.85. The van der Waals surface area contributed by atoms with Crippen LogP contribution in [0.2, 0.25) is 0 Å². The van der Waals surface area contributed by atoms with Gasteiger partial charge < -0.3 is 0 Å². The molecule has 0 aromatic heterocycles. The highest BCUT2D eigenvalue weighted by Crippen LogP contribution is 2.35. The number of nitro groups is 1. The minimum atomic E-state index is -3.95. The minimum Gasteiger partial charge on any atom is -0.258 e. The lowest BCUT2D eigenvalue weighted by Gasteiger charge is -2.29. The van der Waals surface area contributed by atoms with Crippen molar-refractivity contribution in [3.05, 3.63) is 70.0 Å². The van der Waals surface area contributed by atoms with Crippen molar-refractivity contribution in [2.75, 3.05) is 6.54 Å². The molecular formula is C18H19FN2O4S. The molecule has 6 nitrogen and oxygen atoms in total. The normalized spacial score (nSPS) is 19.0. The summed E-state index contributed by atoms with van der Waals surface area (Å²) < 4.78 is 41.4. The summed E-state index contributed by atoms with van der Waals surface area (Å²) in [5.41, 5.74) is 0.323. The Morgan fingerprint density at radius 3 is 2.58 bits per heavy atom. The second-order valence-corrected chi connectivity index (χ2v) is 8.18. The largest absolute Gasteiger partial charge is 0.270 e. The van der Waals surface area contributed by atoms with Gasteiger partial charge in [0.15, 0.2) is 0 Å². The molecule has 0 amide bonds. The fourth-order valence-electron chi connectivity index (χ4n) is 3.31. The summed E-state index contributed by atoms with van der Waals surface area (Å²) in [6, 6.07) is 10.5. The minimum absolute atomic E-state index is 0.116. The van der Waals surface area contributed by atoms with Gasteiger partial charge in [-0.1, -0.05) is 31.0 Å². The number of hydrogen-bond donors (Lipinski definition) is 0. The molecule has 0 unspecified atom stereocenters. The van der Waals surface area contributed by atoms with Gasteiger partial charge in [0.05, 0.1) is 15.9 Å². The van der Waals surface area contributed by atoms with Gasteiger partial charge in [-0.15, -0.1) is 0 Å². The van der Waals surface area contributed by atoms with Crippen LogP contribution in [0, 0.1) is 15.9 Å².